The van der Waals surface area contributed by atoms with Gasteiger partial charge in [-0.15, -0.1) is 0 Å². The smallest absolute Gasteiger partial charge is 0.151 e. The molecule has 1 heterocycles. The Balaban J connectivity index is 1.49. The number of benzene rings is 3. The highest BCUT2D eigenvalue weighted by Crippen LogP contribution is 2.26. The van der Waals surface area contributed by atoms with Gasteiger partial charge in [-0.05, 0) is 16.7 Å². The number of rotatable bonds is 13. The zero-order valence-corrected chi connectivity index (χ0v) is 17.9. The average Bonchev–Trinajstić information content (AvgIpc) is 3.70. The second kappa shape index (κ2) is 11.7. The van der Waals surface area contributed by atoms with Crippen molar-refractivity contribution in [1.82, 2.24) is 0 Å². The molecular weight excluding hydrogens is 404 g/mol. The summed E-state index contributed by atoms with van der Waals surface area (Å²) in [6.45, 7) is 1.64. The zero-order chi connectivity index (χ0) is 22.0. The van der Waals surface area contributed by atoms with Crippen LogP contribution in [0.15, 0.2) is 91.0 Å². The van der Waals surface area contributed by atoms with E-state index in [4.69, 9.17) is 18.9 Å². The van der Waals surface area contributed by atoms with Crippen molar-refractivity contribution in [2.24, 2.45) is 0 Å². The fourth-order valence-electron chi connectivity index (χ4n) is 3.55. The summed E-state index contributed by atoms with van der Waals surface area (Å²) in [6.07, 6.45) is -1.14. The van der Waals surface area contributed by atoms with Crippen molar-refractivity contribution >= 4 is 6.29 Å². The summed E-state index contributed by atoms with van der Waals surface area (Å²) in [7, 11) is 0. The minimum absolute atomic E-state index is 0.123. The van der Waals surface area contributed by atoms with E-state index in [0.717, 1.165) is 23.0 Å². The Bertz CT molecular complexity index is 928. The van der Waals surface area contributed by atoms with Gasteiger partial charge in [-0.25, -0.2) is 0 Å². The van der Waals surface area contributed by atoms with Gasteiger partial charge in [-0.3, -0.25) is 0 Å². The minimum atomic E-state index is -0.788. The summed E-state index contributed by atoms with van der Waals surface area (Å²) >= 11 is 0. The van der Waals surface area contributed by atoms with Gasteiger partial charge in [0.1, 0.15) is 24.4 Å². The number of hydrogen-bond donors (Lipinski definition) is 0. The molecule has 4 rings (SSSR count). The highest BCUT2D eigenvalue weighted by Gasteiger charge is 2.43. The van der Waals surface area contributed by atoms with Crippen LogP contribution < -0.4 is 0 Å². The maximum absolute atomic E-state index is 12.1. The molecule has 3 aromatic rings. The van der Waals surface area contributed by atoms with Crippen LogP contribution in [-0.2, 0) is 43.6 Å². The van der Waals surface area contributed by atoms with Crippen LogP contribution in [0.3, 0.4) is 0 Å². The Kier molecular flexibility index (Phi) is 8.17. The molecule has 0 unspecified atom stereocenters. The molecule has 1 aliphatic rings. The molecule has 0 amide bonds. The van der Waals surface area contributed by atoms with Gasteiger partial charge in [0.2, 0.25) is 0 Å². The van der Waals surface area contributed by atoms with Crippen molar-refractivity contribution in [2.75, 3.05) is 6.61 Å². The first kappa shape index (κ1) is 22.4. The van der Waals surface area contributed by atoms with E-state index in [2.05, 4.69) is 0 Å². The first-order chi connectivity index (χ1) is 15.8. The number of carbonyl (C=O) groups is 1. The third-order valence-electron chi connectivity index (χ3n) is 5.36. The van der Waals surface area contributed by atoms with Gasteiger partial charge < -0.3 is 23.7 Å². The van der Waals surface area contributed by atoms with E-state index in [9.17, 15) is 4.79 Å². The van der Waals surface area contributed by atoms with E-state index in [1.54, 1.807) is 0 Å². The van der Waals surface area contributed by atoms with Crippen molar-refractivity contribution in [1.29, 1.82) is 0 Å². The quantitative estimate of drug-likeness (QED) is 0.297. The lowest BCUT2D eigenvalue weighted by Gasteiger charge is -2.30. The van der Waals surface area contributed by atoms with E-state index in [1.807, 2.05) is 91.0 Å². The molecule has 0 N–H and O–H groups in total. The summed E-state index contributed by atoms with van der Waals surface area (Å²) in [6, 6.07) is 29.6. The van der Waals surface area contributed by atoms with Crippen LogP contribution in [0, 0.1) is 0 Å². The molecule has 32 heavy (non-hydrogen) atoms. The second-order valence-electron chi connectivity index (χ2n) is 7.79. The minimum Gasteiger partial charge on any atom is -0.370 e. The van der Waals surface area contributed by atoms with Gasteiger partial charge in [0, 0.05) is 0 Å². The standard InChI is InChI=1S/C27H28O5/c28-16-24(29-17-21-10-4-1-5-11-21)26(31-18-22-12-6-2-7-13-22)27(25-20-30-25)32-19-23-14-8-3-9-15-23/h1-16,24-27H,17-20H2/t24-,25-,26+,27-/m0/s1. The SMILES string of the molecule is O=C[C@H](OCc1ccccc1)[C@@H](OCc1ccccc1)[C@@H](OCc1ccccc1)[C@@H]1CO1. The van der Waals surface area contributed by atoms with Gasteiger partial charge in [0.25, 0.3) is 0 Å². The fourth-order valence-corrected chi connectivity index (χ4v) is 3.55. The van der Waals surface area contributed by atoms with Crippen molar-refractivity contribution in [2.45, 2.75) is 44.2 Å². The highest BCUT2D eigenvalue weighted by atomic mass is 16.6. The maximum atomic E-state index is 12.1. The van der Waals surface area contributed by atoms with E-state index >= 15 is 0 Å². The van der Waals surface area contributed by atoms with Crippen LogP contribution in [0.4, 0.5) is 0 Å². The van der Waals surface area contributed by atoms with Crippen LogP contribution in [0.1, 0.15) is 16.7 Å². The molecule has 1 aliphatic heterocycles. The molecule has 0 saturated carbocycles. The highest BCUT2D eigenvalue weighted by molar-refractivity contribution is 5.57. The Morgan fingerprint density at radius 3 is 1.59 bits per heavy atom. The predicted octanol–water partition coefficient (Wildman–Crippen LogP) is 4.34. The van der Waals surface area contributed by atoms with E-state index < -0.39 is 18.3 Å². The first-order valence-electron chi connectivity index (χ1n) is 10.9. The third-order valence-corrected chi connectivity index (χ3v) is 5.36. The molecule has 4 atom stereocenters. The van der Waals surface area contributed by atoms with Gasteiger partial charge in [0.15, 0.2) is 6.29 Å². The number of ether oxygens (including phenoxy) is 4. The normalized spacial score (nSPS) is 17.9. The van der Waals surface area contributed by atoms with E-state index in [-0.39, 0.29) is 6.10 Å². The molecule has 1 saturated heterocycles. The monoisotopic (exact) mass is 432 g/mol. The van der Waals surface area contributed by atoms with Crippen LogP contribution in [0.25, 0.3) is 0 Å². The molecule has 5 nitrogen and oxygen atoms in total. The summed E-state index contributed by atoms with van der Waals surface area (Å²) in [4.78, 5) is 12.1. The lowest BCUT2D eigenvalue weighted by atomic mass is 10.0. The number of carbonyl (C=O) groups excluding carboxylic acids is 1. The summed E-state index contributed by atoms with van der Waals surface area (Å²) in [5, 5.41) is 0. The van der Waals surface area contributed by atoms with Crippen LogP contribution in [0.5, 0.6) is 0 Å². The molecule has 0 spiro atoms. The van der Waals surface area contributed by atoms with Crippen molar-refractivity contribution in [3.8, 4) is 0 Å². The lowest BCUT2D eigenvalue weighted by molar-refractivity contribution is -0.162. The molecule has 166 valence electrons. The summed E-state index contributed by atoms with van der Waals surface area (Å²) in [5.41, 5.74) is 3.06. The lowest BCUT2D eigenvalue weighted by Crippen LogP contribution is -2.46. The second-order valence-corrected chi connectivity index (χ2v) is 7.79. The zero-order valence-electron chi connectivity index (χ0n) is 17.9. The van der Waals surface area contributed by atoms with Gasteiger partial charge in [-0.2, -0.15) is 0 Å². The number of epoxide rings is 1. The molecule has 0 aliphatic carbocycles. The average molecular weight is 433 g/mol. The number of hydrogen-bond acceptors (Lipinski definition) is 5. The Labute approximate surface area is 188 Å². The van der Waals surface area contributed by atoms with Crippen LogP contribution in [-0.4, -0.2) is 37.3 Å². The molecule has 1 fully saturated rings. The summed E-state index contributed by atoms with van der Waals surface area (Å²) < 4.78 is 24.1. The Morgan fingerprint density at radius 2 is 1.16 bits per heavy atom. The first-order valence-corrected chi connectivity index (χ1v) is 10.9. The van der Waals surface area contributed by atoms with Crippen molar-refractivity contribution in [3.05, 3.63) is 108 Å². The van der Waals surface area contributed by atoms with Crippen molar-refractivity contribution in [3.63, 3.8) is 0 Å². The molecule has 3 aromatic carbocycles. The third kappa shape index (κ3) is 6.58. The largest absolute Gasteiger partial charge is 0.370 e. The topological polar surface area (TPSA) is 57.3 Å². The van der Waals surface area contributed by atoms with Crippen LogP contribution in [0.2, 0.25) is 0 Å². The molecular formula is C27H28O5. The Hall–Kier alpha value is -2.83. The molecule has 0 aromatic heterocycles. The molecule has 0 bridgehead atoms. The van der Waals surface area contributed by atoms with E-state index in [0.29, 0.717) is 26.4 Å². The fraction of sp³-hybridized carbons (Fsp3) is 0.296. The van der Waals surface area contributed by atoms with Gasteiger partial charge >= 0.3 is 0 Å². The van der Waals surface area contributed by atoms with Gasteiger partial charge in [0.05, 0.1) is 26.4 Å². The summed E-state index contributed by atoms with van der Waals surface area (Å²) in [5.74, 6) is 0. The van der Waals surface area contributed by atoms with Gasteiger partial charge in [-0.1, -0.05) is 91.0 Å². The van der Waals surface area contributed by atoms with Crippen LogP contribution >= 0.6 is 0 Å². The maximum Gasteiger partial charge on any atom is 0.151 e. The van der Waals surface area contributed by atoms with E-state index in [1.165, 1.54) is 0 Å². The molecule has 5 heteroatoms. The molecule has 0 radical (unpaired) electrons. The predicted molar refractivity (Wildman–Crippen MR) is 121 cm³/mol. The Morgan fingerprint density at radius 1 is 0.719 bits per heavy atom. The van der Waals surface area contributed by atoms with Crippen molar-refractivity contribution < 1.29 is 23.7 Å². The number of aldehydes is 1.